The third-order valence-corrected chi connectivity index (χ3v) is 2.24. The molecule has 1 rings (SSSR count). The van der Waals surface area contributed by atoms with Crippen molar-refractivity contribution in [2.75, 3.05) is 0 Å². The number of carbonyl (C=O) groups excluding carboxylic acids is 1. The van der Waals surface area contributed by atoms with Gasteiger partial charge in [0.1, 0.15) is 11.9 Å². The Morgan fingerprint density at radius 1 is 1.50 bits per heavy atom. The third-order valence-electron chi connectivity index (χ3n) is 2.24. The van der Waals surface area contributed by atoms with E-state index in [4.69, 9.17) is 5.73 Å². The summed E-state index contributed by atoms with van der Waals surface area (Å²) in [6.45, 7) is 1.73. The van der Waals surface area contributed by atoms with Gasteiger partial charge in [-0.05, 0) is 13.0 Å². The minimum Gasteiger partial charge on any atom is -0.390 e. The van der Waals surface area contributed by atoms with Crippen LogP contribution in [0.4, 0.5) is 4.39 Å². The molecule has 0 aromatic heterocycles. The molecule has 0 aliphatic heterocycles. The van der Waals surface area contributed by atoms with Gasteiger partial charge in [-0.1, -0.05) is 17.7 Å². The SMILES string of the molecule is Cc1ccc(F)c(C(O)C(O)CC(N)=O)c1. The fraction of sp³-hybridized carbons (Fsp3) is 0.364. The molecule has 0 fully saturated rings. The molecule has 1 aromatic carbocycles. The molecule has 4 N–H and O–H groups in total. The minimum atomic E-state index is -1.45. The van der Waals surface area contributed by atoms with Gasteiger partial charge in [0, 0.05) is 5.56 Å². The maximum atomic E-state index is 13.3. The van der Waals surface area contributed by atoms with Crippen LogP contribution >= 0.6 is 0 Å². The molecule has 0 aliphatic carbocycles. The highest BCUT2D eigenvalue weighted by Gasteiger charge is 2.23. The number of aliphatic hydroxyl groups is 2. The molecule has 1 amide bonds. The molecule has 0 saturated carbocycles. The molecule has 1 aromatic rings. The summed E-state index contributed by atoms with van der Waals surface area (Å²) < 4.78 is 13.3. The largest absolute Gasteiger partial charge is 0.390 e. The van der Waals surface area contributed by atoms with Gasteiger partial charge in [0.15, 0.2) is 0 Å². The predicted molar refractivity (Wildman–Crippen MR) is 55.9 cm³/mol. The Hall–Kier alpha value is -1.46. The maximum absolute atomic E-state index is 13.3. The zero-order valence-electron chi connectivity index (χ0n) is 8.85. The van der Waals surface area contributed by atoms with Crippen molar-refractivity contribution >= 4 is 5.91 Å². The zero-order valence-corrected chi connectivity index (χ0v) is 8.85. The van der Waals surface area contributed by atoms with E-state index in [1.807, 2.05) is 0 Å². The first-order chi connectivity index (χ1) is 7.41. The molecule has 16 heavy (non-hydrogen) atoms. The average Bonchev–Trinajstić information content (AvgIpc) is 2.19. The molecule has 0 heterocycles. The summed E-state index contributed by atoms with van der Waals surface area (Å²) in [6.07, 6.45) is -3.25. The second-order valence-electron chi connectivity index (χ2n) is 3.71. The standard InChI is InChI=1S/C11H14FNO3/c1-6-2-3-8(12)7(4-6)11(16)9(14)5-10(13)15/h2-4,9,11,14,16H,5H2,1H3,(H2,13,15). The average molecular weight is 227 g/mol. The number of hydrogen-bond donors (Lipinski definition) is 3. The van der Waals surface area contributed by atoms with Crippen molar-refractivity contribution < 1.29 is 19.4 Å². The fourth-order valence-electron chi connectivity index (χ4n) is 1.41. The highest BCUT2D eigenvalue weighted by molar-refractivity contribution is 5.74. The smallest absolute Gasteiger partial charge is 0.220 e. The first-order valence-corrected chi connectivity index (χ1v) is 4.82. The van der Waals surface area contributed by atoms with E-state index < -0.39 is 30.4 Å². The molecule has 0 bridgehead atoms. The number of amides is 1. The van der Waals surface area contributed by atoms with Gasteiger partial charge in [0.05, 0.1) is 12.5 Å². The summed E-state index contributed by atoms with van der Waals surface area (Å²) in [5.74, 6) is -1.37. The number of aryl methyl sites for hydroxylation is 1. The van der Waals surface area contributed by atoms with E-state index in [-0.39, 0.29) is 5.56 Å². The van der Waals surface area contributed by atoms with Crippen LogP contribution in [0.5, 0.6) is 0 Å². The van der Waals surface area contributed by atoms with Crippen LogP contribution in [0, 0.1) is 12.7 Å². The highest BCUT2D eigenvalue weighted by Crippen LogP contribution is 2.22. The highest BCUT2D eigenvalue weighted by atomic mass is 19.1. The number of nitrogens with two attached hydrogens (primary N) is 1. The van der Waals surface area contributed by atoms with Crippen LogP contribution in [0.1, 0.15) is 23.7 Å². The lowest BCUT2D eigenvalue weighted by Crippen LogP contribution is -2.26. The van der Waals surface area contributed by atoms with Crippen LogP contribution in [0.25, 0.3) is 0 Å². The van der Waals surface area contributed by atoms with Crippen molar-refractivity contribution in [2.45, 2.75) is 25.6 Å². The Kier molecular flexibility index (Phi) is 3.98. The van der Waals surface area contributed by atoms with Crippen molar-refractivity contribution in [2.24, 2.45) is 5.73 Å². The van der Waals surface area contributed by atoms with Crippen molar-refractivity contribution in [3.8, 4) is 0 Å². The predicted octanol–water partition coefficient (Wildman–Crippen LogP) is 0.404. The first kappa shape index (κ1) is 12.6. The van der Waals surface area contributed by atoms with Crippen molar-refractivity contribution in [1.29, 1.82) is 0 Å². The number of primary amides is 1. The molecule has 0 spiro atoms. The van der Waals surface area contributed by atoms with Gasteiger partial charge in [0.25, 0.3) is 0 Å². The quantitative estimate of drug-likeness (QED) is 0.696. The second-order valence-corrected chi connectivity index (χ2v) is 3.71. The van der Waals surface area contributed by atoms with Crippen LogP contribution < -0.4 is 5.73 Å². The van der Waals surface area contributed by atoms with E-state index in [1.165, 1.54) is 12.1 Å². The Morgan fingerprint density at radius 3 is 2.69 bits per heavy atom. The summed E-state index contributed by atoms with van der Waals surface area (Å²) in [6, 6.07) is 4.17. The van der Waals surface area contributed by atoms with Gasteiger partial charge in [-0.3, -0.25) is 4.79 Å². The van der Waals surface area contributed by atoms with Crippen LogP contribution in [-0.2, 0) is 4.79 Å². The van der Waals surface area contributed by atoms with Gasteiger partial charge in [-0.15, -0.1) is 0 Å². The van der Waals surface area contributed by atoms with Crippen molar-refractivity contribution in [1.82, 2.24) is 0 Å². The van der Waals surface area contributed by atoms with E-state index in [9.17, 15) is 19.4 Å². The van der Waals surface area contributed by atoms with Gasteiger partial charge < -0.3 is 15.9 Å². The van der Waals surface area contributed by atoms with Crippen molar-refractivity contribution in [3.05, 3.63) is 35.1 Å². The third kappa shape index (κ3) is 3.01. The van der Waals surface area contributed by atoms with Gasteiger partial charge in [-0.25, -0.2) is 4.39 Å². The van der Waals surface area contributed by atoms with Gasteiger partial charge in [0.2, 0.25) is 5.91 Å². The number of rotatable bonds is 4. The van der Waals surface area contributed by atoms with E-state index in [0.717, 1.165) is 5.56 Å². The van der Waals surface area contributed by atoms with E-state index in [2.05, 4.69) is 0 Å². The molecule has 2 unspecified atom stereocenters. The fourth-order valence-corrected chi connectivity index (χ4v) is 1.41. The summed E-state index contributed by atoms with van der Waals surface area (Å²) >= 11 is 0. The van der Waals surface area contributed by atoms with E-state index >= 15 is 0 Å². The normalized spacial score (nSPS) is 14.5. The lowest BCUT2D eigenvalue weighted by molar-refractivity contribution is -0.121. The Labute approximate surface area is 92.5 Å². The number of hydrogen-bond acceptors (Lipinski definition) is 3. The summed E-state index contributed by atoms with van der Waals surface area (Å²) in [4.78, 5) is 10.6. The summed E-state index contributed by atoms with van der Waals surface area (Å²) in [5, 5.41) is 19.1. The minimum absolute atomic E-state index is 0.0336. The summed E-state index contributed by atoms with van der Waals surface area (Å²) in [5.41, 5.74) is 5.59. The molecule has 5 heteroatoms. The lowest BCUT2D eigenvalue weighted by Gasteiger charge is -2.17. The van der Waals surface area contributed by atoms with E-state index in [1.54, 1.807) is 13.0 Å². The zero-order chi connectivity index (χ0) is 12.3. The number of aliphatic hydroxyl groups excluding tert-OH is 2. The monoisotopic (exact) mass is 227 g/mol. The molecule has 0 saturated heterocycles. The topological polar surface area (TPSA) is 83.6 Å². The second kappa shape index (κ2) is 5.05. The van der Waals surface area contributed by atoms with Gasteiger partial charge in [-0.2, -0.15) is 0 Å². The van der Waals surface area contributed by atoms with Gasteiger partial charge >= 0.3 is 0 Å². The summed E-state index contributed by atoms with van der Waals surface area (Å²) in [7, 11) is 0. The number of benzene rings is 1. The van der Waals surface area contributed by atoms with Crippen LogP contribution in [0.3, 0.4) is 0 Å². The molecule has 0 aliphatic rings. The number of carbonyl (C=O) groups is 1. The first-order valence-electron chi connectivity index (χ1n) is 4.82. The van der Waals surface area contributed by atoms with E-state index in [0.29, 0.717) is 0 Å². The van der Waals surface area contributed by atoms with Crippen LogP contribution in [0.2, 0.25) is 0 Å². The molecule has 88 valence electrons. The molecule has 0 radical (unpaired) electrons. The lowest BCUT2D eigenvalue weighted by atomic mass is 10.00. The Morgan fingerprint density at radius 2 is 2.12 bits per heavy atom. The molecule has 4 nitrogen and oxygen atoms in total. The van der Waals surface area contributed by atoms with Crippen molar-refractivity contribution in [3.63, 3.8) is 0 Å². The molecular formula is C11H14FNO3. The molecule has 2 atom stereocenters. The maximum Gasteiger partial charge on any atom is 0.220 e. The van der Waals surface area contributed by atoms with Crippen LogP contribution in [-0.4, -0.2) is 22.2 Å². The number of halogens is 1. The van der Waals surface area contributed by atoms with Crippen LogP contribution in [0.15, 0.2) is 18.2 Å². The molecular weight excluding hydrogens is 213 g/mol. The Bertz CT molecular complexity index is 395. The Balaban J connectivity index is 2.90.